The zero-order valence-corrected chi connectivity index (χ0v) is 15.8. The number of nitrogens with zero attached hydrogens (tertiary/aromatic N) is 4. The Kier molecular flexibility index (Phi) is 6.74. The SMILES string of the molecule is CC(C)CCc1noc(CN2CCCN(Cc3cccc(F)c3)CC2)n1. The number of aryl methyl sites for hydroxylation is 1. The summed E-state index contributed by atoms with van der Waals surface area (Å²) in [7, 11) is 0. The van der Waals surface area contributed by atoms with Crippen LogP contribution in [0.25, 0.3) is 0 Å². The van der Waals surface area contributed by atoms with Crippen LogP contribution in [0, 0.1) is 11.7 Å². The molecule has 2 heterocycles. The van der Waals surface area contributed by atoms with E-state index in [9.17, 15) is 4.39 Å². The Morgan fingerprint density at radius 3 is 2.62 bits per heavy atom. The van der Waals surface area contributed by atoms with Crippen LogP contribution in [0.1, 0.15) is 44.0 Å². The summed E-state index contributed by atoms with van der Waals surface area (Å²) in [6.07, 6.45) is 3.05. The number of rotatable bonds is 7. The molecule has 0 aliphatic carbocycles. The molecule has 1 fully saturated rings. The average molecular weight is 360 g/mol. The van der Waals surface area contributed by atoms with E-state index in [2.05, 4.69) is 33.8 Å². The van der Waals surface area contributed by atoms with Crippen LogP contribution < -0.4 is 0 Å². The van der Waals surface area contributed by atoms with Crippen LogP contribution in [-0.4, -0.2) is 46.1 Å². The van der Waals surface area contributed by atoms with Crippen LogP contribution in [-0.2, 0) is 19.5 Å². The molecule has 0 bridgehead atoms. The van der Waals surface area contributed by atoms with Gasteiger partial charge in [-0.05, 0) is 49.5 Å². The van der Waals surface area contributed by atoms with Crippen LogP contribution in [0.5, 0.6) is 0 Å². The first-order valence-electron chi connectivity index (χ1n) is 9.59. The Balaban J connectivity index is 1.48. The zero-order chi connectivity index (χ0) is 18.4. The molecular formula is C20H29FN4O. The van der Waals surface area contributed by atoms with E-state index in [-0.39, 0.29) is 5.82 Å². The van der Waals surface area contributed by atoms with E-state index in [1.54, 1.807) is 12.1 Å². The minimum absolute atomic E-state index is 0.163. The van der Waals surface area contributed by atoms with Gasteiger partial charge in [0.15, 0.2) is 5.82 Å². The second kappa shape index (κ2) is 9.24. The van der Waals surface area contributed by atoms with E-state index in [1.807, 2.05) is 6.07 Å². The lowest BCUT2D eigenvalue weighted by atomic mass is 10.1. The molecule has 0 N–H and O–H groups in total. The maximum Gasteiger partial charge on any atom is 0.240 e. The van der Waals surface area contributed by atoms with Crippen LogP contribution in [0.3, 0.4) is 0 Å². The highest BCUT2D eigenvalue weighted by atomic mass is 19.1. The lowest BCUT2D eigenvalue weighted by molar-refractivity contribution is 0.222. The van der Waals surface area contributed by atoms with E-state index in [0.29, 0.717) is 18.4 Å². The number of halogens is 1. The van der Waals surface area contributed by atoms with E-state index >= 15 is 0 Å². The lowest BCUT2D eigenvalue weighted by Crippen LogP contribution is -2.30. The minimum Gasteiger partial charge on any atom is -0.338 e. The zero-order valence-electron chi connectivity index (χ0n) is 15.8. The molecule has 1 aliphatic heterocycles. The molecule has 1 aromatic carbocycles. The fraction of sp³-hybridized carbons (Fsp3) is 0.600. The minimum atomic E-state index is -0.163. The quantitative estimate of drug-likeness (QED) is 0.756. The molecule has 0 saturated carbocycles. The highest BCUT2D eigenvalue weighted by molar-refractivity contribution is 5.16. The standard InChI is InChI=1S/C20H29FN4O/c1-16(2)7-8-19-22-20(26-23-19)15-25-10-4-9-24(11-12-25)14-17-5-3-6-18(21)13-17/h3,5-6,13,16H,4,7-12,14-15H2,1-2H3. The molecule has 0 spiro atoms. The van der Waals surface area contributed by atoms with Crippen molar-refractivity contribution in [2.75, 3.05) is 26.2 Å². The van der Waals surface area contributed by atoms with Crippen molar-refractivity contribution in [3.05, 3.63) is 47.4 Å². The smallest absolute Gasteiger partial charge is 0.240 e. The van der Waals surface area contributed by atoms with Gasteiger partial charge in [-0.2, -0.15) is 4.98 Å². The monoisotopic (exact) mass is 360 g/mol. The van der Waals surface area contributed by atoms with Crippen molar-refractivity contribution >= 4 is 0 Å². The van der Waals surface area contributed by atoms with E-state index < -0.39 is 0 Å². The van der Waals surface area contributed by atoms with E-state index in [0.717, 1.165) is 63.4 Å². The predicted octanol–water partition coefficient (Wildman–Crippen LogP) is 3.51. The summed E-state index contributed by atoms with van der Waals surface area (Å²) in [5, 5.41) is 4.10. The van der Waals surface area contributed by atoms with Gasteiger partial charge in [-0.25, -0.2) is 4.39 Å². The Hall–Kier alpha value is -1.79. The van der Waals surface area contributed by atoms with Gasteiger partial charge >= 0.3 is 0 Å². The van der Waals surface area contributed by atoms with Crippen molar-refractivity contribution < 1.29 is 8.91 Å². The Bertz CT molecular complexity index is 688. The topological polar surface area (TPSA) is 45.4 Å². The number of aromatic nitrogens is 2. The van der Waals surface area contributed by atoms with Gasteiger partial charge in [0.2, 0.25) is 5.89 Å². The highest BCUT2D eigenvalue weighted by Crippen LogP contribution is 2.13. The van der Waals surface area contributed by atoms with Gasteiger partial charge in [-0.15, -0.1) is 0 Å². The van der Waals surface area contributed by atoms with Crippen molar-refractivity contribution in [2.45, 2.75) is 46.2 Å². The molecule has 1 aromatic heterocycles. The van der Waals surface area contributed by atoms with Gasteiger partial charge in [0, 0.05) is 26.1 Å². The summed E-state index contributed by atoms with van der Waals surface area (Å²) in [5.74, 6) is 2.01. The Labute approximate surface area is 155 Å². The van der Waals surface area contributed by atoms with Gasteiger partial charge in [0.05, 0.1) is 6.54 Å². The Morgan fingerprint density at radius 2 is 1.88 bits per heavy atom. The largest absolute Gasteiger partial charge is 0.338 e. The molecule has 2 aromatic rings. The van der Waals surface area contributed by atoms with Gasteiger partial charge < -0.3 is 4.52 Å². The number of hydrogen-bond acceptors (Lipinski definition) is 5. The fourth-order valence-corrected chi connectivity index (χ4v) is 3.30. The first kappa shape index (κ1) is 19.0. The summed E-state index contributed by atoms with van der Waals surface area (Å²) in [6.45, 7) is 9.87. The molecule has 5 nitrogen and oxygen atoms in total. The van der Waals surface area contributed by atoms with Gasteiger partial charge in [0.25, 0.3) is 0 Å². The normalized spacial score (nSPS) is 16.9. The number of benzene rings is 1. The summed E-state index contributed by atoms with van der Waals surface area (Å²) in [5.41, 5.74) is 1.03. The van der Waals surface area contributed by atoms with Crippen LogP contribution in [0.4, 0.5) is 4.39 Å². The summed E-state index contributed by atoms with van der Waals surface area (Å²) < 4.78 is 18.8. The van der Waals surface area contributed by atoms with Crippen LogP contribution >= 0.6 is 0 Å². The molecule has 1 aliphatic rings. The maximum atomic E-state index is 13.4. The Morgan fingerprint density at radius 1 is 1.12 bits per heavy atom. The molecular weight excluding hydrogens is 331 g/mol. The van der Waals surface area contributed by atoms with Crippen molar-refractivity contribution in [2.24, 2.45) is 5.92 Å². The molecule has 6 heteroatoms. The van der Waals surface area contributed by atoms with E-state index in [4.69, 9.17) is 4.52 Å². The molecule has 0 atom stereocenters. The third-order valence-corrected chi connectivity index (χ3v) is 4.79. The second-order valence-corrected chi connectivity index (χ2v) is 7.57. The van der Waals surface area contributed by atoms with Crippen LogP contribution in [0.2, 0.25) is 0 Å². The third-order valence-electron chi connectivity index (χ3n) is 4.79. The van der Waals surface area contributed by atoms with Crippen LogP contribution in [0.15, 0.2) is 28.8 Å². The lowest BCUT2D eigenvalue weighted by Gasteiger charge is -2.21. The van der Waals surface area contributed by atoms with Gasteiger partial charge in [-0.3, -0.25) is 9.80 Å². The summed E-state index contributed by atoms with van der Waals surface area (Å²) >= 11 is 0. The molecule has 3 rings (SSSR count). The predicted molar refractivity (Wildman–Crippen MR) is 99.0 cm³/mol. The summed E-state index contributed by atoms with van der Waals surface area (Å²) in [4.78, 5) is 9.28. The first-order chi connectivity index (χ1) is 12.6. The number of hydrogen-bond donors (Lipinski definition) is 0. The van der Waals surface area contributed by atoms with Crippen molar-refractivity contribution in [1.82, 2.24) is 19.9 Å². The molecule has 0 radical (unpaired) electrons. The molecule has 142 valence electrons. The van der Waals surface area contributed by atoms with Gasteiger partial charge in [-0.1, -0.05) is 31.1 Å². The van der Waals surface area contributed by atoms with E-state index in [1.165, 1.54) is 6.07 Å². The molecule has 26 heavy (non-hydrogen) atoms. The van der Waals surface area contributed by atoms with Crippen molar-refractivity contribution in [1.29, 1.82) is 0 Å². The second-order valence-electron chi connectivity index (χ2n) is 7.57. The first-order valence-corrected chi connectivity index (χ1v) is 9.59. The third kappa shape index (κ3) is 5.88. The van der Waals surface area contributed by atoms with Gasteiger partial charge in [0.1, 0.15) is 5.82 Å². The van der Waals surface area contributed by atoms with Crippen molar-refractivity contribution in [3.8, 4) is 0 Å². The van der Waals surface area contributed by atoms with Crippen molar-refractivity contribution in [3.63, 3.8) is 0 Å². The highest BCUT2D eigenvalue weighted by Gasteiger charge is 2.18. The maximum absolute atomic E-state index is 13.4. The summed E-state index contributed by atoms with van der Waals surface area (Å²) in [6, 6.07) is 6.89. The average Bonchev–Trinajstić information content (AvgIpc) is 2.93. The molecule has 0 amide bonds. The molecule has 1 saturated heterocycles. The molecule has 0 unspecified atom stereocenters. The fourth-order valence-electron chi connectivity index (χ4n) is 3.30.